The van der Waals surface area contributed by atoms with Gasteiger partial charge in [0.1, 0.15) is 5.75 Å². The van der Waals surface area contributed by atoms with Gasteiger partial charge in [0.05, 0.1) is 22.3 Å². The third-order valence-corrected chi connectivity index (χ3v) is 8.44. The molecule has 1 amide bonds. The summed E-state index contributed by atoms with van der Waals surface area (Å²) in [6.45, 7) is 10.4. The lowest BCUT2D eigenvalue weighted by Crippen LogP contribution is -2.58. The molecule has 0 atom stereocenters. The van der Waals surface area contributed by atoms with Crippen molar-refractivity contribution >= 4 is 30.8 Å². The third-order valence-electron chi connectivity index (χ3n) is 6.40. The predicted molar refractivity (Wildman–Crippen MR) is 146 cm³/mol. The number of nitrogens with one attached hydrogen (secondary N) is 1. The second-order valence-corrected chi connectivity index (χ2v) is 15.4. The molecular formula is C26H35N5O5Si. The molecule has 3 aromatic rings. The van der Waals surface area contributed by atoms with Gasteiger partial charge in [0.25, 0.3) is 11.9 Å². The van der Waals surface area contributed by atoms with Crippen LogP contribution in [0.3, 0.4) is 0 Å². The van der Waals surface area contributed by atoms with E-state index in [4.69, 9.17) is 18.6 Å². The van der Waals surface area contributed by atoms with Gasteiger partial charge in [-0.05, 0) is 38.7 Å². The Bertz CT molecular complexity index is 1260. The molecule has 0 saturated carbocycles. The van der Waals surface area contributed by atoms with Crippen molar-refractivity contribution in [2.24, 2.45) is 0 Å². The second-order valence-electron chi connectivity index (χ2n) is 10.3. The molecule has 4 rings (SSSR count). The fourth-order valence-corrected chi connectivity index (χ4v) is 5.00. The van der Waals surface area contributed by atoms with Crippen molar-refractivity contribution in [3.8, 4) is 23.5 Å². The Hall–Kier alpha value is -3.57. The first-order valence-electron chi connectivity index (χ1n) is 12.1. The molecule has 3 heterocycles. The molecule has 0 spiro atoms. The van der Waals surface area contributed by atoms with Crippen molar-refractivity contribution in [1.29, 1.82) is 0 Å². The summed E-state index contributed by atoms with van der Waals surface area (Å²) in [5.41, 5.74) is 1.20. The number of likely N-dealkylation sites (N-methyl/N-ethyl adjacent to an activating group) is 1. The average molecular weight is 526 g/mol. The number of carbonyl (C=O) groups excluding carboxylic acids is 1. The Morgan fingerprint density at radius 3 is 2.30 bits per heavy atom. The normalized spacial score (nSPS) is 13.9. The molecule has 37 heavy (non-hydrogen) atoms. The van der Waals surface area contributed by atoms with Crippen LogP contribution in [0, 0.1) is 6.92 Å². The summed E-state index contributed by atoms with van der Waals surface area (Å²) >= 11 is 0. The summed E-state index contributed by atoms with van der Waals surface area (Å²) in [4.78, 5) is 26.2. The van der Waals surface area contributed by atoms with E-state index in [1.54, 1.807) is 12.1 Å². The largest absolute Gasteiger partial charge is 0.479 e. The number of amides is 1. The highest BCUT2D eigenvalue weighted by molar-refractivity contribution is 6.88. The van der Waals surface area contributed by atoms with Crippen molar-refractivity contribution in [2.45, 2.75) is 32.6 Å². The highest BCUT2D eigenvalue weighted by Crippen LogP contribution is 2.35. The number of aromatic nitrogens is 2. The van der Waals surface area contributed by atoms with Crippen LogP contribution in [0.25, 0.3) is 0 Å². The quantitative estimate of drug-likeness (QED) is 0.419. The van der Waals surface area contributed by atoms with Crippen LogP contribution in [-0.4, -0.2) is 76.3 Å². The summed E-state index contributed by atoms with van der Waals surface area (Å²) < 4.78 is 22.6. The summed E-state index contributed by atoms with van der Waals surface area (Å²) in [6.07, 6.45) is 0. The molecule has 198 valence electrons. The van der Waals surface area contributed by atoms with E-state index in [9.17, 15) is 4.79 Å². The standard InChI is InChI=1S/C26H35N5O5Si/c1-16-9-10-18(37(6,7)8)13-20(16)36-21-12-11-19(35-21)23(32)27-22-24(33-4)28-26(29-25(22)34-5)31-14-17(15-31)30(2)3/h9-13,17H,14-15H2,1-8H3,(H,27,32). The number of nitrogens with zero attached hydrogens (tertiary/aromatic N) is 4. The lowest BCUT2D eigenvalue weighted by molar-refractivity contribution is 0.0990. The van der Waals surface area contributed by atoms with Gasteiger partial charge in [-0.1, -0.05) is 37.0 Å². The predicted octanol–water partition coefficient (Wildman–Crippen LogP) is 3.74. The van der Waals surface area contributed by atoms with Crippen LogP contribution in [-0.2, 0) is 0 Å². The first kappa shape index (κ1) is 26.5. The van der Waals surface area contributed by atoms with Gasteiger partial charge >= 0.3 is 0 Å². The fraction of sp³-hybridized carbons (Fsp3) is 0.423. The molecule has 1 N–H and O–H groups in total. The number of ether oxygens (including phenoxy) is 3. The summed E-state index contributed by atoms with van der Waals surface area (Å²) in [6, 6.07) is 9.84. The van der Waals surface area contributed by atoms with Gasteiger partial charge in [-0.25, -0.2) is 0 Å². The first-order chi connectivity index (χ1) is 17.5. The number of furan rings is 1. The molecule has 1 aliphatic rings. The Morgan fingerprint density at radius 2 is 1.73 bits per heavy atom. The zero-order chi connectivity index (χ0) is 26.9. The zero-order valence-corrected chi connectivity index (χ0v) is 23.7. The van der Waals surface area contributed by atoms with Gasteiger partial charge in [0.2, 0.25) is 17.7 Å². The minimum absolute atomic E-state index is 0.0683. The van der Waals surface area contributed by atoms with E-state index in [0.29, 0.717) is 17.7 Å². The molecule has 10 nitrogen and oxygen atoms in total. The second kappa shape index (κ2) is 10.4. The van der Waals surface area contributed by atoms with Gasteiger partial charge in [-0.3, -0.25) is 4.79 Å². The molecule has 2 aromatic heterocycles. The van der Waals surface area contributed by atoms with Gasteiger partial charge in [-0.2, -0.15) is 9.97 Å². The molecule has 1 aromatic carbocycles. The van der Waals surface area contributed by atoms with Crippen LogP contribution in [0.2, 0.25) is 19.6 Å². The molecule has 1 fully saturated rings. The molecule has 1 saturated heterocycles. The van der Waals surface area contributed by atoms with Gasteiger partial charge in [0, 0.05) is 25.2 Å². The molecule has 0 radical (unpaired) electrons. The van der Waals surface area contributed by atoms with Crippen LogP contribution < -0.4 is 29.6 Å². The minimum Gasteiger partial charge on any atom is -0.479 e. The van der Waals surface area contributed by atoms with E-state index in [-0.39, 0.29) is 29.2 Å². The number of hydrogen-bond donors (Lipinski definition) is 1. The molecule has 0 unspecified atom stereocenters. The lowest BCUT2D eigenvalue weighted by atomic mass is 10.1. The Kier molecular flexibility index (Phi) is 7.46. The van der Waals surface area contributed by atoms with Crippen LogP contribution in [0.15, 0.2) is 34.7 Å². The summed E-state index contributed by atoms with van der Waals surface area (Å²) in [5.74, 6) is 1.37. The van der Waals surface area contributed by atoms with Crippen LogP contribution >= 0.6 is 0 Å². The van der Waals surface area contributed by atoms with Crippen molar-refractivity contribution in [2.75, 3.05) is 51.6 Å². The van der Waals surface area contributed by atoms with Crippen molar-refractivity contribution in [3.63, 3.8) is 0 Å². The highest BCUT2D eigenvalue weighted by Gasteiger charge is 2.32. The van der Waals surface area contributed by atoms with E-state index in [2.05, 4.69) is 52.0 Å². The Morgan fingerprint density at radius 1 is 1.08 bits per heavy atom. The van der Waals surface area contributed by atoms with Gasteiger partial charge in [-0.15, -0.1) is 0 Å². The number of methoxy groups -OCH3 is 2. The maximum atomic E-state index is 13.0. The lowest BCUT2D eigenvalue weighted by Gasteiger charge is -2.42. The SMILES string of the molecule is COc1nc(N2CC(N(C)C)C2)nc(OC)c1NC(=O)c1ccc(Oc2cc([Si](C)(C)C)ccc2C)o1. The van der Waals surface area contributed by atoms with E-state index < -0.39 is 14.0 Å². The van der Waals surface area contributed by atoms with E-state index >= 15 is 0 Å². The van der Waals surface area contributed by atoms with E-state index in [1.807, 2.05) is 32.0 Å². The molecule has 11 heteroatoms. The zero-order valence-electron chi connectivity index (χ0n) is 22.7. The maximum Gasteiger partial charge on any atom is 0.291 e. The topological polar surface area (TPSA) is 102 Å². The third kappa shape index (κ3) is 5.72. The number of rotatable bonds is 9. The molecule has 1 aliphatic heterocycles. The Labute approximate surface area is 218 Å². The van der Waals surface area contributed by atoms with Crippen LogP contribution in [0.4, 0.5) is 11.6 Å². The monoisotopic (exact) mass is 525 g/mol. The van der Waals surface area contributed by atoms with Gasteiger partial charge in [0.15, 0.2) is 11.4 Å². The number of anilines is 2. The van der Waals surface area contributed by atoms with E-state index in [0.717, 1.165) is 18.7 Å². The molecule has 0 aliphatic carbocycles. The number of carbonyl (C=O) groups is 1. The summed E-state index contributed by atoms with van der Waals surface area (Å²) in [7, 11) is 5.53. The number of aryl methyl sites for hydroxylation is 1. The smallest absolute Gasteiger partial charge is 0.291 e. The maximum absolute atomic E-state index is 13.0. The highest BCUT2D eigenvalue weighted by atomic mass is 28.3. The van der Waals surface area contributed by atoms with Crippen molar-refractivity contribution in [1.82, 2.24) is 14.9 Å². The van der Waals surface area contributed by atoms with Crippen LogP contribution in [0.1, 0.15) is 16.1 Å². The minimum atomic E-state index is -1.51. The van der Waals surface area contributed by atoms with Crippen molar-refractivity contribution in [3.05, 3.63) is 41.7 Å². The molecular weight excluding hydrogens is 490 g/mol. The fourth-order valence-electron chi connectivity index (χ4n) is 3.86. The number of hydrogen-bond acceptors (Lipinski definition) is 9. The molecule has 0 bridgehead atoms. The summed E-state index contributed by atoms with van der Waals surface area (Å²) in [5, 5.41) is 4.03. The average Bonchev–Trinajstić information content (AvgIpc) is 3.27. The first-order valence-corrected chi connectivity index (χ1v) is 15.6. The van der Waals surface area contributed by atoms with Gasteiger partial charge < -0.3 is 33.7 Å². The van der Waals surface area contributed by atoms with Crippen molar-refractivity contribution < 1.29 is 23.4 Å². The number of benzene rings is 1. The Balaban J connectivity index is 1.51. The van der Waals surface area contributed by atoms with E-state index in [1.165, 1.54) is 19.4 Å². The van der Waals surface area contributed by atoms with Crippen LogP contribution in [0.5, 0.6) is 23.5 Å².